The predicted molar refractivity (Wildman–Crippen MR) is 81.6 cm³/mol. The van der Waals surface area contributed by atoms with Gasteiger partial charge in [0.15, 0.2) is 0 Å². The molecular weight excluding hydrogens is 284 g/mol. The molecule has 22 heavy (non-hydrogen) atoms. The van der Waals surface area contributed by atoms with Crippen LogP contribution in [0, 0.1) is 0 Å². The first kappa shape index (κ1) is 16.4. The summed E-state index contributed by atoms with van der Waals surface area (Å²) in [6.07, 6.45) is 5.98. The first-order valence-corrected chi connectivity index (χ1v) is 7.66. The number of carbonyl (C=O) groups is 2. The summed E-state index contributed by atoms with van der Waals surface area (Å²) in [6, 6.07) is 1.71. The van der Waals surface area contributed by atoms with Crippen molar-refractivity contribution in [1.29, 1.82) is 0 Å². The van der Waals surface area contributed by atoms with Crippen molar-refractivity contribution in [1.82, 2.24) is 10.6 Å². The third-order valence-electron chi connectivity index (χ3n) is 3.51. The Morgan fingerprint density at radius 1 is 1.23 bits per heavy atom. The van der Waals surface area contributed by atoms with Crippen LogP contribution in [0.1, 0.15) is 56.8 Å². The van der Waals surface area contributed by atoms with Gasteiger partial charge in [0.2, 0.25) is 0 Å². The van der Waals surface area contributed by atoms with Crippen molar-refractivity contribution in [3.05, 3.63) is 24.2 Å². The molecule has 6 heteroatoms. The summed E-state index contributed by atoms with van der Waals surface area (Å²) >= 11 is 0. The lowest BCUT2D eigenvalue weighted by Crippen LogP contribution is -2.46. The zero-order chi connectivity index (χ0) is 16.2. The Hall–Kier alpha value is -1.98. The molecular formula is C16H24N2O4. The zero-order valence-corrected chi connectivity index (χ0v) is 13.3. The summed E-state index contributed by atoms with van der Waals surface area (Å²) in [5.74, 6) is -0.142. The van der Waals surface area contributed by atoms with Gasteiger partial charge in [0.25, 0.3) is 5.91 Å². The van der Waals surface area contributed by atoms with Crippen molar-refractivity contribution in [3.8, 4) is 0 Å². The standard InChI is InChI=1S/C16H24N2O4/c1-16(2,3)22-15(20)18-13-6-4-5-12(9-13)17-14(19)11-7-8-21-10-11/h7-8,10,12-13H,4-6,9H2,1-3H3,(H,17,19)(H,18,20)/t12-,13-/m1/s1. The van der Waals surface area contributed by atoms with E-state index in [1.54, 1.807) is 6.07 Å². The lowest BCUT2D eigenvalue weighted by atomic mass is 9.91. The SMILES string of the molecule is CC(C)(C)OC(=O)N[C@@H]1CCC[C@@H](NC(=O)c2ccoc2)C1. The van der Waals surface area contributed by atoms with Crippen molar-refractivity contribution in [2.75, 3.05) is 0 Å². The number of alkyl carbamates (subject to hydrolysis) is 1. The fourth-order valence-corrected chi connectivity index (χ4v) is 2.59. The Bertz CT molecular complexity index is 505. The minimum absolute atomic E-state index is 0.0262. The van der Waals surface area contributed by atoms with Gasteiger partial charge in [-0.1, -0.05) is 0 Å². The predicted octanol–water partition coefficient (Wildman–Crippen LogP) is 2.85. The first-order chi connectivity index (χ1) is 10.3. The Kier molecular flexibility index (Phi) is 5.11. The maximum Gasteiger partial charge on any atom is 0.407 e. The highest BCUT2D eigenvalue weighted by Crippen LogP contribution is 2.20. The lowest BCUT2D eigenvalue weighted by Gasteiger charge is -2.31. The van der Waals surface area contributed by atoms with Gasteiger partial charge in [-0.3, -0.25) is 4.79 Å². The van der Waals surface area contributed by atoms with Gasteiger partial charge in [0, 0.05) is 12.1 Å². The quantitative estimate of drug-likeness (QED) is 0.899. The van der Waals surface area contributed by atoms with Crippen LogP contribution >= 0.6 is 0 Å². The van der Waals surface area contributed by atoms with E-state index in [9.17, 15) is 9.59 Å². The number of hydrogen-bond donors (Lipinski definition) is 2. The topological polar surface area (TPSA) is 80.6 Å². The van der Waals surface area contributed by atoms with Crippen LogP contribution < -0.4 is 10.6 Å². The molecule has 1 aromatic heterocycles. The number of carbonyl (C=O) groups excluding carboxylic acids is 2. The zero-order valence-electron chi connectivity index (χ0n) is 13.3. The van der Waals surface area contributed by atoms with Gasteiger partial charge >= 0.3 is 6.09 Å². The molecule has 0 aliphatic heterocycles. The van der Waals surface area contributed by atoms with Crippen LogP contribution in [0.25, 0.3) is 0 Å². The van der Waals surface area contributed by atoms with Crippen molar-refractivity contribution < 1.29 is 18.7 Å². The molecule has 6 nitrogen and oxygen atoms in total. The molecule has 0 spiro atoms. The second-order valence-electron chi connectivity index (χ2n) is 6.69. The summed E-state index contributed by atoms with van der Waals surface area (Å²) in [7, 11) is 0. The van der Waals surface area contributed by atoms with Crippen molar-refractivity contribution >= 4 is 12.0 Å². The molecule has 1 heterocycles. The molecule has 1 aromatic rings. The first-order valence-electron chi connectivity index (χ1n) is 7.66. The minimum Gasteiger partial charge on any atom is -0.472 e. The molecule has 1 saturated carbocycles. The summed E-state index contributed by atoms with van der Waals surface area (Å²) in [5.41, 5.74) is 0.00965. The van der Waals surface area contributed by atoms with Crippen LogP contribution in [-0.2, 0) is 4.74 Å². The van der Waals surface area contributed by atoms with E-state index in [1.165, 1.54) is 12.5 Å². The molecule has 1 fully saturated rings. The summed E-state index contributed by atoms with van der Waals surface area (Å²) in [4.78, 5) is 23.8. The van der Waals surface area contributed by atoms with Gasteiger partial charge in [0.05, 0.1) is 11.8 Å². The van der Waals surface area contributed by atoms with Gasteiger partial charge in [0.1, 0.15) is 11.9 Å². The Labute approximate surface area is 130 Å². The molecule has 2 atom stereocenters. The number of amides is 2. The largest absolute Gasteiger partial charge is 0.472 e. The normalized spacial score (nSPS) is 22.0. The van der Waals surface area contributed by atoms with Crippen LogP contribution in [0.4, 0.5) is 4.79 Å². The van der Waals surface area contributed by atoms with E-state index in [2.05, 4.69) is 10.6 Å². The van der Waals surface area contributed by atoms with E-state index in [-0.39, 0.29) is 18.0 Å². The summed E-state index contributed by atoms with van der Waals surface area (Å²) < 4.78 is 10.2. The second kappa shape index (κ2) is 6.85. The molecule has 0 bridgehead atoms. The number of nitrogens with one attached hydrogen (secondary N) is 2. The molecule has 2 amide bonds. The molecule has 2 N–H and O–H groups in total. The Morgan fingerprint density at radius 3 is 2.50 bits per heavy atom. The van der Waals surface area contributed by atoms with Crippen LogP contribution in [0.5, 0.6) is 0 Å². The Balaban J connectivity index is 1.81. The van der Waals surface area contributed by atoms with E-state index >= 15 is 0 Å². The molecule has 0 aromatic carbocycles. The Morgan fingerprint density at radius 2 is 1.91 bits per heavy atom. The third-order valence-corrected chi connectivity index (χ3v) is 3.51. The maximum absolute atomic E-state index is 12.0. The average Bonchev–Trinajstić information content (AvgIpc) is 2.90. The summed E-state index contributed by atoms with van der Waals surface area (Å²) in [6.45, 7) is 5.50. The maximum atomic E-state index is 12.0. The summed E-state index contributed by atoms with van der Waals surface area (Å²) in [5, 5.41) is 5.86. The smallest absolute Gasteiger partial charge is 0.407 e. The number of rotatable bonds is 3. The van der Waals surface area contributed by atoms with Gasteiger partial charge < -0.3 is 19.8 Å². The fourth-order valence-electron chi connectivity index (χ4n) is 2.59. The van der Waals surface area contributed by atoms with E-state index in [0.717, 1.165) is 19.3 Å². The molecule has 1 aliphatic rings. The highest BCUT2D eigenvalue weighted by molar-refractivity contribution is 5.93. The minimum atomic E-state index is -0.506. The molecule has 0 unspecified atom stereocenters. The van der Waals surface area contributed by atoms with Crippen molar-refractivity contribution in [2.45, 2.75) is 64.1 Å². The van der Waals surface area contributed by atoms with Crippen LogP contribution in [0.15, 0.2) is 23.0 Å². The number of hydrogen-bond acceptors (Lipinski definition) is 4. The molecule has 1 aliphatic carbocycles. The van der Waals surface area contributed by atoms with E-state index < -0.39 is 11.7 Å². The lowest BCUT2D eigenvalue weighted by molar-refractivity contribution is 0.0489. The van der Waals surface area contributed by atoms with Crippen LogP contribution in [0.3, 0.4) is 0 Å². The van der Waals surface area contributed by atoms with E-state index in [1.807, 2.05) is 20.8 Å². The van der Waals surface area contributed by atoms with Crippen molar-refractivity contribution in [2.24, 2.45) is 0 Å². The molecule has 2 rings (SSSR count). The molecule has 0 radical (unpaired) electrons. The van der Waals surface area contributed by atoms with Crippen molar-refractivity contribution in [3.63, 3.8) is 0 Å². The van der Waals surface area contributed by atoms with Gasteiger partial charge in [-0.2, -0.15) is 0 Å². The average molecular weight is 308 g/mol. The van der Waals surface area contributed by atoms with Crippen LogP contribution in [0.2, 0.25) is 0 Å². The van der Waals surface area contributed by atoms with E-state index in [0.29, 0.717) is 12.0 Å². The van der Waals surface area contributed by atoms with Gasteiger partial charge in [-0.25, -0.2) is 4.79 Å². The number of furan rings is 1. The van der Waals surface area contributed by atoms with E-state index in [4.69, 9.17) is 9.15 Å². The number of ether oxygens (including phenoxy) is 1. The third kappa shape index (κ3) is 5.09. The highest BCUT2D eigenvalue weighted by atomic mass is 16.6. The fraction of sp³-hybridized carbons (Fsp3) is 0.625. The monoisotopic (exact) mass is 308 g/mol. The van der Waals surface area contributed by atoms with Crippen LogP contribution in [-0.4, -0.2) is 29.7 Å². The highest BCUT2D eigenvalue weighted by Gasteiger charge is 2.26. The second-order valence-corrected chi connectivity index (χ2v) is 6.69. The molecule has 122 valence electrons. The van der Waals surface area contributed by atoms with Gasteiger partial charge in [-0.05, 0) is 52.5 Å². The molecule has 0 saturated heterocycles. The van der Waals surface area contributed by atoms with Gasteiger partial charge in [-0.15, -0.1) is 0 Å².